The standard InChI is InChI=1S/C62H106O6/c1-4-7-10-13-16-19-22-25-28-30-32-34-37-40-43-46-49-52-55-61(64)67-58-59(57-66-60(63)54-51-48-45-42-39-36-33-27-24-21-18-15-12-9-6-3)68-62(65)56-53-50-47-44-41-38-35-31-29-26-23-20-17-14-11-8-5-2/h17,20-21,24,26,28-30,32,34-35,38,44,47,59H,4-16,18-19,22-23,25,27,31,33,36-37,39-43,45-46,48-58H2,1-3H3/b20-17-,24-21-,29-26-,30-28-,34-32-,38-35-,47-44-. The maximum atomic E-state index is 12.8. The van der Waals surface area contributed by atoms with Gasteiger partial charge in [0.25, 0.3) is 0 Å². The largest absolute Gasteiger partial charge is 0.462 e. The predicted molar refractivity (Wildman–Crippen MR) is 293 cm³/mol. The van der Waals surface area contributed by atoms with Gasteiger partial charge in [-0.15, -0.1) is 0 Å². The third-order valence-electron chi connectivity index (χ3n) is 12.1. The van der Waals surface area contributed by atoms with Crippen molar-refractivity contribution in [1.82, 2.24) is 0 Å². The van der Waals surface area contributed by atoms with Crippen molar-refractivity contribution in [3.05, 3.63) is 85.1 Å². The molecule has 0 aliphatic rings. The molecule has 0 fully saturated rings. The summed E-state index contributed by atoms with van der Waals surface area (Å²) in [6.45, 7) is 6.54. The number of carbonyl (C=O) groups excluding carboxylic acids is 3. The lowest BCUT2D eigenvalue weighted by Crippen LogP contribution is -2.30. The van der Waals surface area contributed by atoms with Gasteiger partial charge in [-0.25, -0.2) is 0 Å². The summed E-state index contributed by atoms with van der Waals surface area (Å²) < 4.78 is 16.8. The molecule has 1 unspecified atom stereocenters. The Bertz CT molecular complexity index is 1320. The van der Waals surface area contributed by atoms with Gasteiger partial charge in [0.1, 0.15) is 13.2 Å². The SMILES string of the molecule is CCCCC/C=C\C/C=C\C/C=C\C/C=C\CCCC(=O)OC(COC(=O)CCCCCCC/C=C\C=C/CCCCCCCCC)COC(=O)CCCCCCCCC/C=C\CCCCCC. The van der Waals surface area contributed by atoms with E-state index in [9.17, 15) is 14.4 Å². The van der Waals surface area contributed by atoms with Crippen LogP contribution < -0.4 is 0 Å². The molecule has 0 saturated carbocycles. The van der Waals surface area contributed by atoms with Crippen molar-refractivity contribution in [3.8, 4) is 0 Å². The molecule has 0 bridgehead atoms. The van der Waals surface area contributed by atoms with Crippen LogP contribution >= 0.6 is 0 Å². The van der Waals surface area contributed by atoms with E-state index in [0.29, 0.717) is 19.3 Å². The molecule has 0 aromatic heterocycles. The van der Waals surface area contributed by atoms with Crippen molar-refractivity contribution in [1.29, 1.82) is 0 Å². The van der Waals surface area contributed by atoms with E-state index in [4.69, 9.17) is 14.2 Å². The second kappa shape index (κ2) is 56.2. The van der Waals surface area contributed by atoms with Crippen molar-refractivity contribution in [3.63, 3.8) is 0 Å². The third-order valence-corrected chi connectivity index (χ3v) is 12.1. The Labute approximate surface area is 420 Å². The van der Waals surface area contributed by atoms with E-state index in [1.807, 2.05) is 0 Å². The maximum Gasteiger partial charge on any atom is 0.306 e. The second-order valence-electron chi connectivity index (χ2n) is 18.9. The van der Waals surface area contributed by atoms with Gasteiger partial charge in [-0.3, -0.25) is 14.4 Å². The van der Waals surface area contributed by atoms with Gasteiger partial charge in [0.2, 0.25) is 0 Å². The van der Waals surface area contributed by atoms with Crippen LogP contribution in [0.3, 0.4) is 0 Å². The highest BCUT2D eigenvalue weighted by Crippen LogP contribution is 2.14. The molecular weight excluding hydrogens is 841 g/mol. The molecule has 0 spiro atoms. The molecule has 0 radical (unpaired) electrons. The van der Waals surface area contributed by atoms with E-state index in [-0.39, 0.29) is 37.5 Å². The zero-order valence-corrected chi connectivity index (χ0v) is 44.6. The van der Waals surface area contributed by atoms with E-state index < -0.39 is 6.10 Å². The molecule has 0 rings (SSSR count). The molecule has 0 N–H and O–H groups in total. The second-order valence-corrected chi connectivity index (χ2v) is 18.9. The zero-order chi connectivity index (χ0) is 49.3. The van der Waals surface area contributed by atoms with Crippen LogP contribution in [-0.2, 0) is 28.6 Å². The molecule has 390 valence electrons. The summed E-state index contributed by atoms with van der Waals surface area (Å²) in [4.78, 5) is 38.1. The highest BCUT2D eigenvalue weighted by molar-refractivity contribution is 5.71. The van der Waals surface area contributed by atoms with E-state index in [1.165, 1.54) is 141 Å². The first-order chi connectivity index (χ1) is 33.5. The fourth-order valence-corrected chi connectivity index (χ4v) is 7.77. The predicted octanol–water partition coefficient (Wildman–Crippen LogP) is 19.2. The van der Waals surface area contributed by atoms with E-state index in [1.54, 1.807) is 0 Å². The van der Waals surface area contributed by atoms with Gasteiger partial charge in [-0.1, -0.05) is 228 Å². The Kier molecular flexibility index (Phi) is 53.4. The molecule has 0 aliphatic carbocycles. The summed E-state index contributed by atoms with van der Waals surface area (Å²) in [5.41, 5.74) is 0. The Morgan fingerprint density at radius 3 is 1.01 bits per heavy atom. The number of allylic oxidation sites excluding steroid dienone is 14. The van der Waals surface area contributed by atoms with Crippen molar-refractivity contribution < 1.29 is 28.6 Å². The van der Waals surface area contributed by atoms with Crippen LogP contribution in [0.1, 0.15) is 271 Å². The fraction of sp³-hybridized carbons (Fsp3) is 0.726. The number of rotatable bonds is 51. The quantitative estimate of drug-likeness (QED) is 0.0199. The lowest BCUT2D eigenvalue weighted by atomic mass is 10.1. The maximum absolute atomic E-state index is 12.8. The van der Waals surface area contributed by atoms with E-state index in [2.05, 4.69) is 106 Å². The normalized spacial score (nSPS) is 12.7. The molecule has 6 nitrogen and oxygen atoms in total. The van der Waals surface area contributed by atoms with Gasteiger partial charge >= 0.3 is 17.9 Å². The van der Waals surface area contributed by atoms with Crippen LogP contribution in [0.15, 0.2) is 85.1 Å². The summed E-state index contributed by atoms with van der Waals surface area (Å²) in [6.07, 6.45) is 72.9. The van der Waals surface area contributed by atoms with Crippen LogP contribution in [0.2, 0.25) is 0 Å². The average molecular weight is 948 g/mol. The smallest absolute Gasteiger partial charge is 0.306 e. The Morgan fingerprint density at radius 1 is 0.309 bits per heavy atom. The van der Waals surface area contributed by atoms with Gasteiger partial charge in [0.15, 0.2) is 6.10 Å². The van der Waals surface area contributed by atoms with E-state index >= 15 is 0 Å². The number of hydrogen-bond donors (Lipinski definition) is 0. The summed E-state index contributed by atoms with van der Waals surface area (Å²) in [5.74, 6) is -0.977. The molecular formula is C62H106O6. The van der Waals surface area contributed by atoms with Crippen LogP contribution in [0.25, 0.3) is 0 Å². The first-order valence-corrected chi connectivity index (χ1v) is 28.6. The summed E-state index contributed by atoms with van der Waals surface area (Å²) in [5, 5.41) is 0. The monoisotopic (exact) mass is 947 g/mol. The van der Waals surface area contributed by atoms with Crippen molar-refractivity contribution in [2.45, 2.75) is 277 Å². The average Bonchev–Trinajstić information content (AvgIpc) is 3.34. The number of hydrogen-bond acceptors (Lipinski definition) is 6. The number of esters is 3. The van der Waals surface area contributed by atoms with Crippen LogP contribution in [0.4, 0.5) is 0 Å². The molecule has 0 aromatic rings. The van der Waals surface area contributed by atoms with Crippen LogP contribution in [0.5, 0.6) is 0 Å². The first kappa shape index (κ1) is 64.6. The minimum absolute atomic E-state index is 0.106. The number of ether oxygens (including phenoxy) is 3. The summed E-state index contributed by atoms with van der Waals surface area (Å²) in [6, 6.07) is 0. The molecule has 1 atom stereocenters. The van der Waals surface area contributed by atoms with Crippen molar-refractivity contribution >= 4 is 17.9 Å². The summed E-state index contributed by atoms with van der Waals surface area (Å²) >= 11 is 0. The Hall–Kier alpha value is -3.41. The van der Waals surface area contributed by atoms with Crippen LogP contribution in [0, 0.1) is 0 Å². The van der Waals surface area contributed by atoms with Crippen molar-refractivity contribution in [2.24, 2.45) is 0 Å². The highest BCUT2D eigenvalue weighted by Gasteiger charge is 2.19. The van der Waals surface area contributed by atoms with Gasteiger partial charge in [0.05, 0.1) is 0 Å². The Balaban J connectivity index is 4.50. The molecule has 68 heavy (non-hydrogen) atoms. The van der Waals surface area contributed by atoms with Gasteiger partial charge in [-0.2, -0.15) is 0 Å². The highest BCUT2D eigenvalue weighted by atomic mass is 16.6. The van der Waals surface area contributed by atoms with Crippen LogP contribution in [-0.4, -0.2) is 37.2 Å². The molecule has 0 saturated heterocycles. The topological polar surface area (TPSA) is 78.9 Å². The minimum Gasteiger partial charge on any atom is -0.462 e. The first-order valence-electron chi connectivity index (χ1n) is 28.6. The molecule has 0 heterocycles. The minimum atomic E-state index is -0.814. The molecule has 0 amide bonds. The number of unbranched alkanes of at least 4 members (excludes halogenated alkanes) is 27. The Morgan fingerprint density at radius 2 is 0.588 bits per heavy atom. The van der Waals surface area contributed by atoms with Crippen molar-refractivity contribution in [2.75, 3.05) is 13.2 Å². The zero-order valence-electron chi connectivity index (χ0n) is 44.6. The van der Waals surface area contributed by atoms with Gasteiger partial charge < -0.3 is 14.2 Å². The third kappa shape index (κ3) is 53.5. The lowest BCUT2D eigenvalue weighted by molar-refractivity contribution is -0.167. The fourth-order valence-electron chi connectivity index (χ4n) is 7.77. The lowest BCUT2D eigenvalue weighted by Gasteiger charge is -2.18. The molecule has 0 aliphatic heterocycles. The summed E-state index contributed by atoms with van der Waals surface area (Å²) in [7, 11) is 0. The molecule has 6 heteroatoms. The van der Waals surface area contributed by atoms with Gasteiger partial charge in [-0.05, 0) is 109 Å². The van der Waals surface area contributed by atoms with E-state index in [0.717, 1.165) is 83.5 Å². The van der Waals surface area contributed by atoms with Gasteiger partial charge in [0, 0.05) is 19.3 Å². The number of carbonyl (C=O) groups is 3. The molecule has 0 aromatic carbocycles.